The number of carbonyl (C=O) groups excluding carboxylic acids is 1. The molecule has 0 saturated carbocycles. The van der Waals surface area contributed by atoms with Gasteiger partial charge in [-0.3, -0.25) is 4.79 Å². The van der Waals surface area contributed by atoms with Gasteiger partial charge in [0.1, 0.15) is 11.2 Å². The van der Waals surface area contributed by atoms with Crippen molar-refractivity contribution in [1.82, 2.24) is 14.9 Å². The number of imidazole rings is 1. The van der Waals surface area contributed by atoms with E-state index >= 15 is 0 Å². The molecule has 0 saturated heterocycles. The van der Waals surface area contributed by atoms with E-state index in [1.165, 1.54) is 7.11 Å². The lowest BCUT2D eigenvalue weighted by Gasteiger charge is -2.21. The molecule has 1 N–H and O–H groups in total. The summed E-state index contributed by atoms with van der Waals surface area (Å²) < 4.78 is 6.74. The molecule has 0 spiro atoms. The Morgan fingerprint density at radius 2 is 2.39 bits per heavy atom. The number of nitriles is 1. The van der Waals surface area contributed by atoms with Crippen molar-refractivity contribution >= 4 is 5.91 Å². The summed E-state index contributed by atoms with van der Waals surface area (Å²) in [7, 11) is 1.48. The van der Waals surface area contributed by atoms with E-state index < -0.39 is 5.54 Å². The Labute approximate surface area is 107 Å². The number of nitrogens with one attached hydrogen (secondary N) is 1. The first kappa shape index (κ1) is 14.2. The van der Waals surface area contributed by atoms with Crippen LogP contribution in [0.2, 0.25) is 0 Å². The van der Waals surface area contributed by atoms with E-state index in [1.54, 1.807) is 19.4 Å². The highest BCUT2D eigenvalue weighted by atomic mass is 16.5. The van der Waals surface area contributed by atoms with Crippen LogP contribution in [0.15, 0.2) is 12.5 Å². The van der Waals surface area contributed by atoms with Crippen LogP contribution in [0.3, 0.4) is 0 Å². The summed E-state index contributed by atoms with van der Waals surface area (Å²) in [4.78, 5) is 16.0. The van der Waals surface area contributed by atoms with Crippen LogP contribution in [0.5, 0.6) is 0 Å². The maximum Gasteiger partial charge on any atom is 0.272 e. The Hall–Kier alpha value is -1.87. The molecule has 0 fully saturated rings. The summed E-state index contributed by atoms with van der Waals surface area (Å²) in [5, 5.41) is 11.6. The van der Waals surface area contributed by atoms with Gasteiger partial charge in [0.2, 0.25) is 0 Å². The van der Waals surface area contributed by atoms with E-state index in [0.717, 1.165) is 0 Å². The monoisotopic (exact) mass is 250 g/mol. The first-order valence-electron chi connectivity index (χ1n) is 5.68. The van der Waals surface area contributed by atoms with Crippen LogP contribution in [0.4, 0.5) is 0 Å². The van der Waals surface area contributed by atoms with Gasteiger partial charge in [-0.05, 0) is 20.8 Å². The van der Waals surface area contributed by atoms with Crippen LogP contribution in [-0.2, 0) is 4.74 Å². The number of methoxy groups -OCH3 is 1. The third-order valence-corrected chi connectivity index (χ3v) is 2.50. The predicted octanol–water partition coefficient (Wildman–Crippen LogP) is 1.12. The molecule has 1 amide bonds. The van der Waals surface area contributed by atoms with E-state index in [2.05, 4.69) is 10.3 Å². The minimum Gasteiger partial charge on any atom is -0.381 e. The Balaban J connectivity index is 2.78. The van der Waals surface area contributed by atoms with Crippen LogP contribution >= 0.6 is 0 Å². The Morgan fingerprint density at radius 3 is 2.83 bits per heavy atom. The van der Waals surface area contributed by atoms with Crippen molar-refractivity contribution in [3.05, 3.63) is 18.2 Å². The molecule has 1 aromatic rings. The Bertz CT molecular complexity index is 461. The molecule has 1 rings (SSSR count). The number of ether oxygens (including phenoxy) is 1. The fraction of sp³-hybridized carbons (Fsp3) is 0.583. The highest BCUT2D eigenvalue weighted by Gasteiger charge is 2.27. The number of hydrogen-bond donors (Lipinski definition) is 1. The van der Waals surface area contributed by atoms with Crippen molar-refractivity contribution < 1.29 is 9.53 Å². The standard InChI is InChI=1S/C12H18N4O2/c1-9(2)16-5-10(14-8-16)11(17)15-12(3,6-13)7-18-4/h5,8-9H,7H2,1-4H3,(H,15,17). The number of nitrogens with zero attached hydrogens (tertiary/aromatic N) is 3. The van der Waals surface area contributed by atoms with Crippen LogP contribution in [-0.4, -0.2) is 34.7 Å². The zero-order valence-electron chi connectivity index (χ0n) is 11.1. The van der Waals surface area contributed by atoms with Crippen LogP contribution < -0.4 is 5.32 Å². The first-order valence-corrected chi connectivity index (χ1v) is 5.68. The Kier molecular flexibility index (Phi) is 4.45. The van der Waals surface area contributed by atoms with Crippen molar-refractivity contribution in [3.8, 4) is 6.07 Å². The molecule has 0 aliphatic heterocycles. The van der Waals surface area contributed by atoms with Crippen molar-refractivity contribution in [2.75, 3.05) is 13.7 Å². The number of carbonyl (C=O) groups is 1. The average Bonchev–Trinajstić information content (AvgIpc) is 2.78. The molecule has 0 bridgehead atoms. The van der Waals surface area contributed by atoms with E-state index in [0.29, 0.717) is 5.69 Å². The second kappa shape index (κ2) is 5.65. The zero-order chi connectivity index (χ0) is 13.8. The molecule has 0 aromatic carbocycles. The quantitative estimate of drug-likeness (QED) is 0.849. The van der Waals surface area contributed by atoms with Gasteiger partial charge in [-0.15, -0.1) is 0 Å². The number of amides is 1. The smallest absolute Gasteiger partial charge is 0.272 e. The fourth-order valence-corrected chi connectivity index (χ4v) is 1.44. The largest absolute Gasteiger partial charge is 0.381 e. The van der Waals surface area contributed by atoms with E-state index in [9.17, 15) is 4.79 Å². The molecule has 1 atom stereocenters. The molecule has 1 unspecified atom stereocenters. The fourth-order valence-electron chi connectivity index (χ4n) is 1.44. The molecule has 1 heterocycles. The van der Waals surface area contributed by atoms with E-state index in [-0.39, 0.29) is 18.6 Å². The highest BCUT2D eigenvalue weighted by Crippen LogP contribution is 2.08. The van der Waals surface area contributed by atoms with Crippen molar-refractivity contribution in [1.29, 1.82) is 5.26 Å². The maximum atomic E-state index is 11.9. The van der Waals surface area contributed by atoms with Gasteiger partial charge in [-0.2, -0.15) is 5.26 Å². The third-order valence-electron chi connectivity index (χ3n) is 2.50. The minimum absolute atomic E-state index is 0.125. The van der Waals surface area contributed by atoms with Gasteiger partial charge in [-0.25, -0.2) is 4.98 Å². The summed E-state index contributed by atoms with van der Waals surface area (Å²) in [5.74, 6) is -0.379. The SMILES string of the molecule is COCC(C)(C#N)NC(=O)c1cn(C(C)C)cn1. The molecular formula is C12H18N4O2. The molecule has 98 valence electrons. The summed E-state index contributed by atoms with van der Waals surface area (Å²) in [6.07, 6.45) is 3.25. The molecular weight excluding hydrogens is 232 g/mol. The molecule has 0 aliphatic carbocycles. The average molecular weight is 250 g/mol. The number of hydrogen-bond acceptors (Lipinski definition) is 4. The summed E-state index contributed by atoms with van der Waals surface area (Å²) in [6, 6.07) is 2.25. The van der Waals surface area contributed by atoms with E-state index in [1.807, 2.05) is 24.5 Å². The summed E-state index contributed by atoms with van der Waals surface area (Å²) in [5.41, 5.74) is -0.755. The maximum absolute atomic E-state index is 11.9. The molecule has 6 nitrogen and oxygen atoms in total. The van der Waals surface area contributed by atoms with Crippen molar-refractivity contribution in [2.45, 2.75) is 32.4 Å². The molecule has 6 heteroatoms. The van der Waals surface area contributed by atoms with Crippen LogP contribution in [0.1, 0.15) is 37.3 Å². The van der Waals surface area contributed by atoms with Gasteiger partial charge in [0.05, 0.1) is 19.0 Å². The van der Waals surface area contributed by atoms with Gasteiger partial charge in [0, 0.05) is 19.3 Å². The lowest BCUT2D eigenvalue weighted by atomic mass is 10.1. The molecule has 1 aromatic heterocycles. The lowest BCUT2D eigenvalue weighted by molar-refractivity contribution is 0.0855. The number of rotatable bonds is 5. The minimum atomic E-state index is -1.05. The predicted molar refractivity (Wildman–Crippen MR) is 66.0 cm³/mol. The second-order valence-corrected chi connectivity index (χ2v) is 4.63. The second-order valence-electron chi connectivity index (χ2n) is 4.63. The molecule has 18 heavy (non-hydrogen) atoms. The van der Waals surface area contributed by atoms with Gasteiger partial charge in [0.15, 0.2) is 0 Å². The van der Waals surface area contributed by atoms with Crippen LogP contribution in [0.25, 0.3) is 0 Å². The first-order chi connectivity index (χ1) is 8.41. The van der Waals surface area contributed by atoms with E-state index in [4.69, 9.17) is 10.00 Å². The highest BCUT2D eigenvalue weighted by molar-refractivity contribution is 5.92. The summed E-state index contributed by atoms with van der Waals surface area (Å²) in [6.45, 7) is 5.72. The van der Waals surface area contributed by atoms with Crippen molar-refractivity contribution in [3.63, 3.8) is 0 Å². The van der Waals surface area contributed by atoms with Gasteiger partial charge in [0.25, 0.3) is 5.91 Å². The third kappa shape index (κ3) is 3.31. The summed E-state index contributed by atoms with van der Waals surface area (Å²) >= 11 is 0. The van der Waals surface area contributed by atoms with Gasteiger partial charge < -0.3 is 14.6 Å². The molecule has 0 aliphatic rings. The van der Waals surface area contributed by atoms with Gasteiger partial charge >= 0.3 is 0 Å². The lowest BCUT2D eigenvalue weighted by Crippen LogP contribution is -2.48. The Morgan fingerprint density at radius 1 is 1.72 bits per heavy atom. The normalized spacial score (nSPS) is 14.0. The van der Waals surface area contributed by atoms with Gasteiger partial charge in [-0.1, -0.05) is 0 Å². The number of aromatic nitrogens is 2. The van der Waals surface area contributed by atoms with Crippen LogP contribution in [0, 0.1) is 11.3 Å². The van der Waals surface area contributed by atoms with Crippen molar-refractivity contribution in [2.24, 2.45) is 0 Å². The molecule has 0 radical (unpaired) electrons. The zero-order valence-corrected chi connectivity index (χ0v) is 11.1. The topological polar surface area (TPSA) is 79.9 Å².